The van der Waals surface area contributed by atoms with Gasteiger partial charge in [0, 0.05) is 5.56 Å². The van der Waals surface area contributed by atoms with Crippen molar-refractivity contribution in [2.24, 2.45) is 0 Å². The van der Waals surface area contributed by atoms with E-state index in [1.165, 1.54) is 41.6 Å². The molecule has 0 aromatic heterocycles. The van der Waals surface area contributed by atoms with E-state index in [0.29, 0.717) is 39.9 Å². The van der Waals surface area contributed by atoms with E-state index in [1.54, 1.807) is 18.2 Å². The summed E-state index contributed by atoms with van der Waals surface area (Å²) in [5.41, 5.74) is 1.09. The van der Waals surface area contributed by atoms with Gasteiger partial charge in [0.1, 0.15) is 0 Å². The van der Waals surface area contributed by atoms with Gasteiger partial charge >= 0.3 is 0 Å². The Hall–Kier alpha value is -3.15. The third-order valence-corrected chi connectivity index (χ3v) is 3.79. The summed E-state index contributed by atoms with van der Waals surface area (Å²) in [5, 5.41) is 0. The Bertz CT molecular complexity index is 763. The fourth-order valence-electron chi connectivity index (χ4n) is 2.63. The highest BCUT2D eigenvalue weighted by Gasteiger charge is 2.27. The minimum Gasteiger partial charge on any atom is -0.492 e. The number of hydrogen-bond acceptors (Lipinski definition) is 6. The summed E-state index contributed by atoms with van der Waals surface area (Å²) in [4.78, 5) is 12.4. The Balaban J connectivity index is 2.62. The lowest BCUT2D eigenvalue weighted by Gasteiger charge is -2.20. The monoisotopic (exact) mass is 358 g/mol. The predicted octanol–water partition coefficient (Wildman–Crippen LogP) is 3.63. The largest absolute Gasteiger partial charge is 0.492 e. The molecule has 2 aromatic rings. The maximum atomic E-state index is 12.4. The molecule has 2 rings (SSSR count). The Morgan fingerprint density at radius 2 is 1.12 bits per heavy atom. The van der Waals surface area contributed by atoms with Crippen molar-refractivity contribution < 1.29 is 28.5 Å². The summed E-state index contributed by atoms with van der Waals surface area (Å²) in [6, 6.07) is 8.96. The number of rotatable bonds is 8. The second kappa shape index (κ2) is 8.80. The molecular formula is C20H22O6. The normalized spacial score (nSPS) is 10.5. The second-order valence-corrected chi connectivity index (χ2v) is 5.14. The topological polar surface area (TPSA) is 63.2 Å². The van der Waals surface area contributed by atoms with Crippen molar-refractivity contribution in [2.45, 2.75) is 0 Å². The molecule has 138 valence electrons. The van der Waals surface area contributed by atoms with Gasteiger partial charge in [-0.1, -0.05) is 30.3 Å². The Kier molecular flexibility index (Phi) is 6.49. The number of methoxy groups -OCH3 is 5. The van der Waals surface area contributed by atoms with Gasteiger partial charge in [-0.15, -0.1) is 0 Å². The Morgan fingerprint density at radius 1 is 0.692 bits per heavy atom. The van der Waals surface area contributed by atoms with Crippen LogP contribution in [0.4, 0.5) is 0 Å². The van der Waals surface area contributed by atoms with Crippen LogP contribution in [0.2, 0.25) is 0 Å². The van der Waals surface area contributed by atoms with E-state index in [0.717, 1.165) is 0 Å². The Labute approximate surface area is 152 Å². The summed E-state index contributed by atoms with van der Waals surface area (Å²) < 4.78 is 27.2. The quantitative estimate of drug-likeness (QED) is 0.530. The van der Waals surface area contributed by atoms with Crippen molar-refractivity contribution in [1.29, 1.82) is 0 Å². The molecule has 0 aliphatic heterocycles. The average Bonchev–Trinajstić information content (AvgIpc) is 2.70. The SMILES string of the molecule is COc1c(/C=C/C(=O)c2ccccc2)c(OC)c(OC)c(OC)c1OC. The van der Waals surface area contributed by atoms with Crippen LogP contribution in [0.1, 0.15) is 15.9 Å². The average molecular weight is 358 g/mol. The number of allylic oxidation sites excluding steroid dienone is 1. The third kappa shape index (κ3) is 3.59. The van der Waals surface area contributed by atoms with Crippen LogP contribution in [0.3, 0.4) is 0 Å². The molecule has 0 saturated heterocycles. The van der Waals surface area contributed by atoms with Gasteiger partial charge in [-0.2, -0.15) is 0 Å². The fourth-order valence-corrected chi connectivity index (χ4v) is 2.63. The molecular weight excluding hydrogens is 336 g/mol. The van der Waals surface area contributed by atoms with Crippen molar-refractivity contribution in [3.63, 3.8) is 0 Å². The maximum absolute atomic E-state index is 12.4. The molecule has 0 atom stereocenters. The lowest BCUT2D eigenvalue weighted by atomic mass is 10.1. The van der Waals surface area contributed by atoms with Crippen LogP contribution in [0.25, 0.3) is 6.08 Å². The number of ether oxygens (including phenoxy) is 5. The molecule has 0 heterocycles. The van der Waals surface area contributed by atoms with E-state index in [4.69, 9.17) is 23.7 Å². The van der Waals surface area contributed by atoms with E-state index in [9.17, 15) is 4.79 Å². The Morgan fingerprint density at radius 3 is 1.54 bits per heavy atom. The number of ketones is 1. The molecule has 0 spiro atoms. The molecule has 0 aliphatic rings. The standard InChI is InChI=1S/C20H22O6/c1-22-16-14(11-12-15(21)13-9-7-6-8-10-13)17(23-2)19(25-4)20(26-5)18(16)24-3/h6-12H,1-5H3/b12-11+. The minimum absolute atomic E-state index is 0.150. The van der Waals surface area contributed by atoms with Gasteiger partial charge < -0.3 is 23.7 Å². The molecule has 26 heavy (non-hydrogen) atoms. The van der Waals surface area contributed by atoms with E-state index >= 15 is 0 Å². The maximum Gasteiger partial charge on any atom is 0.211 e. The molecule has 0 saturated carbocycles. The van der Waals surface area contributed by atoms with Gasteiger partial charge in [0.15, 0.2) is 17.3 Å². The van der Waals surface area contributed by atoms with Crippen LogP contribution in [0.15, 0.2) is 36.4 Å². The smallest absolute Gasteiger partial charge is 0.211 e. The molecule has 0 N–H and O–H groups in total. The first-order valence-corrected chi connectivity index (χ1v) is 7.84. The zero-order valence-corrected chi connectivity index (χ0v) is 15.5. The molecule has 0 unspecified atom stereocenters. The van der Waals surface area contributed by atoms with Crippen LogP contribution >= 0.6 is 0 Å². The van der Waals surface area contributed by atoms with Crippen molar-refractivity contribution in [2.75, 3.05) is 35.5 Å². The number of benzene rings is 2. The van der Waals surface area contributed by atoms with Gasteiger partial charge in [-0.25, -0.2) is 0 Å². The van der Waals surface area contributed by atoms with Gasteiger partial charge in [0.2, 0.25) is 17.2 Å². The van der Waals surface area contributed by atoms with Crippen molar-refractivity contribution in [3.8, 4) is 28.7 Å². The predicted molar refractivity (Wildman–Crippen MR) is 99.0 cm³/mol. The molecule has 0 bridgehead atoms. The molecule has 6 nitrogen and oxygen atoms in total. The zero-order valence-electron chi connectivity index (χ0n) is 15.5. The highest BCUT2D eigenvalue weighted by Crippen LogP contribution is 2.53. The summed E-state index contributed by atoms with van der Waals surface area (Å²) in [6.07, 6.45) is 3.05. The number of hydrogen-bond donors (Lipinski definition) is 0. The van der Waals surface area contributed by atoms with Crippen LogP contribution in [-0.2, 0) is 0 Å². The van der Waals surface area contributed by atoms with Crippen molar-refractivity contribution in [3.05, 3.63) is 47.5 Å². The third-order valence-electron chi connectivity index (χ3n) is 3.79. The van der Waals surface area contributed by atoms with Gasteiger partial charge in [-0.05, 0) is 12.2 Å². The van der Waals surface area contributed by atoms with E-state index in [-0.39, 0.29) is 5.78 Å². The first-order valence-electron chi connectivity index (χ1n) is 7.84. The molecule has 0 radical (unpaired) electrons. The van der Waals surface area contributed by atoms with E-state index in [1.807, 2.05) is 18.2 Å². The molecule has 2 aromatic carbocycles. The van der Waals surface area contributed by atoms with E-state index in [2.05, 4.69) is 0 Å². The summed E-state index contributed by atoms with van der Waals surface area (Å²) >= 11 is 0. The summed E-state index contributed by atoms with van der Waals surface area (Å²) in [5.74, 6) is 1.64. The zero-order chi connectivity index (χ0) is 19.1. The number of carbonyl (C=O) groups excluding carboxylic acids is 1. The van der Waals surface area contributed by atoms with E-state index < -0.39 is 0 Å². The lowest BCUT2D eigenvalue weighted by Crippen LogP contribution is -2.03. The second-order valence-electron chi connectivity index (χ2n) is 5.14. The van der Waals surface area contributed by atoms with Crippen LogP contribution in [0, 0.1) is 0 Å². The van der Waals surface area contributed by atoms with Gasteiger partial charge in [0.05, 0.1) is 41.1 Å². The highest BCUT2D eigenvalue weighted by atomic mass is 16.6. The first-order chi connectivity index (χ1) is 12.6. The van der Waals surface area contributed by atoms with Gasteiger partial charge in [0.25, 0.3) is 0 Å². The number of carbonyl (C=O) groups is 1. The first kappa shape index (κ1) is 19.2. The van der Waals surface area contributed by atoms with Crippen LogP contribution in [0.5, 0.6) is 28.7 Å². The van der Waals surface area contributed by atoms with Crippen molar-refractivity contribution >= 4 is 11.9 Å². The van der Waals surface area contributed by atoms with Crippen molar-refractivity contribution in [1.82, 2.24) is 0 Å². The molecule has 6 heteroatoms. The summed E-state index contributed by atoms with van der Waals surface area (Å²) in [6.45, 7) is 0. The molecule has 0 amide bonds. The molecule has 0 aliphatic carbocycles. The fraction of sp³-hybridized carbons (Fsp3) is 0.250. The van der Waals surface area contributed by atoms with Crippen LogP contribution < -0.4 is 23.7 Å². The highest BCUT2D eigenvalue weighted by molar-refractivity contribution is 6.07. The van der Waals surface area contributed by atoms with Gasteiger partial charge in [-0.3, -0.25) is 4.79 Å². The summed E-state index contributed by atoms with van der Waals surface area (Å²) in [7, 11) is 7.48. The minimum atomic E-state index is -0.150. The van der Waals surface area contributed by atoms with Crippen LogP contribution in [-0.4, -0.2) is 41.3 Å². The lowest BCUT2D eigenvalue weighted by molar-refractivity contribution is 0.104. The molecule has 0 fully saturated rings.